The summed E-state index contributed by atoms with van der Waals surface area (Å²) >= 11 is 5.46. The van der Waals surface area contributed by atoms with Gasteiger partial charge in [0, 0.05) is 10.0 Å². The van der Waals surface area contributed by atoms with Crippen LogP contribution >= 0.6 is 38.5 Å². The number of nitrogens with two attached hydrogens (primary N) is 1. The number of hydrogen-bond donors (Lipinski definition) is 1. The molecule has 90 valence electrons. The van der Waals surface area contributed by atoms with Crippen molar-refractivity contribution in [3.63, 3.8) is 0 Å². The van der Waals surface area contributed by atoms with Crippen molar-refractivity contribution in [1.29, 1.82) is 0 Å². The Morgan fingerprint density at radius 1 is 1.53 bits per heavy atom. The highest BCUT2D eigenvalue weighted by Crippen LogP contribution is 2.21. The quantitative estimate of drug-likeness (QED) is 0.773. The number of aryl methyl sites for hydroxylation is 1. The molecule has 0 radical (unpaired) electrons. The van der Waals surface area contributed by atoms with E-state index in [2.05, 4.69) is 43.6 Å². The van der Waals surface area contributed by atoms with Gasteiger partial charge in [-0.05, 0) is 47.7 Å². The molecule has 1 heterocycles. The molecule has 0 saturated heterocycles. The number of halogens is 3. The first-order valence-electron chi connectivity index (χ1n) is 4.91. The van der Waals surface area contributed by atoms with E-state index in [0.717, 1.165) is 13.7 Å². The Bertz CT molecular complexity index is 568. The molecule has 2 N–H and O–H groups in total. The number of aromatic nitrogens is 2. The molecule has 17 heavy (non-hydrogen) atoms. The SMILES string of the molecule is Cc1nn(Cc2cc(Br)ccc2F)c(N)c1I. The molecule has 2 rings (SSSR count). The van der Waals surface area contributed by atoms with Gasteiger partial charge >= 0.3 is 0 Å². The average Bonchev–Trinajstić information content (AvgIpc) is 2.52. The lowest BCUT2D eigenvalue weighted by Crippen LogP contribution is -2.07. The lowest BCUT2D eigenvalue weighted by molar-refractivity contribution is 0.586. The number of nitrogens with zero attached hydrogens (tertiary/aromatic N) is 2. The van der Waals surface area contributed by atoms with Gasteiger partial charge in [-0.2, -0.15) is 5.10 Å². The van der Waals surface area contributed by atoms with E-state index >= 15 is 0 Å². The molecule has 0 fully saturated rings. The van der Waals surface area contributed by atoms with E-state index < -0.39 is 0 Å². The van der Waals surface area contributed by atoms with E-state index in [9.17, 15) is 4.39 Å². The molecular formula is C11H10BrFIN3. The minimum absolute atomic E-state index is 0.254. The molecule has 0 saturated carbocycles. The van der Waals surface area contributed by atoms with Gasteiger partial charge in [-0.15, -0.1) is 0 Å². The minimum Gasteiger partial charge on any atom is -0.383 e. The highest BCUT2D eigenvalue weighted by atomic mass is 127. The maximum absolute atomic E-state index is 13.6. The largest absolute Gasteiger partial charge is 0.383 e. The number of anilines is 1. The van der Waals surface area contributed by atoms with Crippen LogP contribution in [0.4, 0.5) is 10.2 Å². The predicted molar refractivity (Wildman–Crippen MR) is 77.3 cm³/mol. The Hall–Kier alpha value is -0.630. The van der Waals surface area contributed by atoms with Gasteiger partial charge in [-0.1, -0.05) is 15.9 Å². The fourth-order valence-corrected chi connectivity index (χ4v) is 2.32. The lowest BCUT2D eigenvalue weighted by atomic mass is 10.2. The molecule has 0 amide bonds. The van der Waals surface area contributed by atoms with E-state index in [1.807, 2.05) is 6.92 Å². The van der Waals surface area contributed by atoms with Crippen LogP contribution in [0.5, 0.6) is 0 Å². The lowest BCUT2D eigenvalue weighted by Gasteiger charge is -2.06. The molecule has 2 aromatic rings. The molecule has 3 nitrogen and oxygen atoms in total. The van der Waals surface area contributed by atoms with Crippen LogP contribution < -0.4 is 5.73 Å². The minimum atomic E-state index is -0.254. The van der Waals surface area contributed by atoms with Crippen molar-refractivity contribution >= 4 is 44.3 Å². The number of hydrogen-bond acceptors (Lipinski definition) is 2. The molecule has 0 aliphatic carbocycles. The fourth-order valence-electron chi connectivity index (χ4n) is 1.52. The number of rotatable bonds is 2. The van der Waals surface area contributed by atoms with Crippen molar-refractivity contribution in [2.75, 3.05) is 5.73 Å². The molecule has 0 aliphatic heterocycles. The van der Waals surface area contributed by atoms with Crippen LogP contribution in [0.2, 0.25) is 0 Å². The standard InChI is InChI=1S/C11H10BrFIN3/c1-6-10(14)11(15)17(16-6)5-7-4-8(12)2-3-9(7)13/h2-4H,5,15H2,1H3. The Morgan fingerprint density at radius 2 is 2.24 bits per heavy atom. The summed E-state index contributed by atoms with van der Waals surface area (Å²) in [6, 6.07) is 4.83. The van der Waals surface area contributed by atoms with Crippen molar-refractivity contribution in [3.05, 3.63) is 43.3 Å². The summed E-state index contributed by atoms with van der Waals surface area (Å²) in [6.07, 6.45) is 0. The summed E-state index contributed by atoms with van der Waals surface area (Å²) in [4.78, 5) is 0. The molecule has 6 heteroatoms. The van der Waals surface area contributed by atoms with E-state index in [-0.39, 0.29) is 5.82 Å². The van der Waals surface area contributed by atoms with Crippen LogP contribution in [0.3, 0.4) is 0 Å². The van der Waals surface area contributed by atoms with Crippen LogP contribution in [0.15, 0.2) is 22.7 Å². The highest BCUT2D eigenvalue weighted by molar-refractivity contribution is 14.1. The van der Waals surface area contributed by atoms with Crippen molar-refractivity contribution in [1.82, 2.24) is 9.78 Å². The van der Waals surface area contributed by atoms with Crippen LogP contribution in [-0.2, 0) is 6.54 Å². The Morgan fingerprint density at radius 3 is 2.82 bits per heavy atom. The van der Waals surface area contributed by atoms with Crippen LogP contribution in [0.25, 0.3) is 0 Å². The second-order valence-electron chi connectivity index (χ2n) is 3.68. The molecule has 1 aromatic carbocycles. The number of nitrogen functional groups attached to an aromatic ring is 1. The third-order valence-corrected chi connectivity index (χ3v) is 4.25. The van der Waals surface area contributed by atoms with Gasteiger partial charge in [0.05, 0.1) is 15.8 Å². The van der Waals surface area contributed by atoms with Crippen LogP contribution in [0, 0.1) is 16.3 Å². The topological polar surface area (TPSA) is 43.8 Å². The second kappa shape index (κ2) is 4.93. The molecule has 0 atom stereocenters. The molecule has 1 aromatic heterocycles. The molecular weight excluding hydrogens is 400 g/mol. The average molecular weight is 410 g/mol. The van der Waals surface area contributed by atoms with Crippen molar-refractivity contribution in [2.24, 2.45) is 0 Å². The third kappa shape index (κ3) is 2.62. The van der Waals surface area contributed by atoms with E-state index in [1.54, 1.807) is 16.8 Å². The van der Waals surface area contributed by atoms with Crippen molar-refractivity contribution < 1.29 is 4.39 Å². The zero-order valence-electron chi connectivity index (χ0n) is 9.04. The van der Waals surface area contributed by atoms with E-state index in [4.69, 9.17) is 5.73 Å². The van der Waals surface area contributed by atoms with E-state index in [1.165, 1.54) is 6.07 Å². The van der Waals surface area contributed by atoms with Gasteiger partial charge in [0.15, 0.2) is 0 Å². The van der Waals surface area contributed by atoms with Crippen molar-refractivity contribution in [3.8, 4) is 0 Å². The van der Waals surface area contributed by atoms with Crippen molar-refractivity contribution in [2.45, 2.75) is 13.5 Å². The monoisotopic (exact) mass is 409 g/mol. The Kier molecular flexibility index (Phi) is 3.72. The van der Waals surface area contributed by atoms with Gasteiger partial charge in [-0.3, -0.25) is 0 Å². The Labute approximate surface area is 120 Å². The Balaban J connectivity index is 2.37. The number of benzene rings is 1. The molecule has 0 unspecified atom stereocenters. The summed E-state index contributed by atoms with van der Waals surface area (Å²) in [5, 5.41) is 4.28. The van der Waals surface area contributed by atoms with E-state index in [0.29, 0.717) is 17.9 Å². The van der Waals surface area contributed by atoms with Gasteiger partial charge in [-0.25, -0.2) is 9.07 Å². The smallest absolute Gasteiger partial charge is 0.135 e. The summed E-state index contributed by atoms with van der Waals surface area (Å²) < 4.78 is 17.0. The van der Waals surface area contributed by atoms with Crippen LogP contribution in [-0.4, -0.2) is 9.78 Å². The molecule has 0 bridgehead atoms. The zero-order chi connectivity index (χ0) is 12.6. The first-order valence-corrected chi connectivity index (χ1v) is 6.78. The third-order valence-electron chi connectivity index (χ3n) is 2.42. The van der Waals surface area contributed by atoms with Crippen LogP contribution in [0.1, 0.15) is 11.3 Å². The first-order chi connectivity index (χ1) is 7.99. The first kappa shape index (κ1) is 12.8. The maximum Gasteiger partial charge on any atom is 0.135 e. The summed E-state index contributed by atoms with van der Waals surface area (Å²) in [6.45, 7) is 2.22. The normalized spacial score (nSPS) is 10.8. The maximum atomic E-state index is 13.6. The highest BCUT2D eigenvalue weighted by Gasteiger charge is 2.11. The summed E-state index contributed by atoms with van der Waals surface area (Å²) in [5.41, 5.74) is 7.32. The molecule has 0 aliphatic rings. The predicted octanol–water partition coefficient (Wildman–Crippen LogP) is 3.33. The zero-order valence-corrected chi connectivity index (χ0v) is 12.8. The molecule has 0 spiro atoms. The van der Waals surface area contributed by atoms with Gasteiger partial charge in [0.25, 0.3) is 0 Å². The summed E-state index contributed by atoms with van der Waals surface area (Å²) in [5.74, 6) is 0.318. The van der Waals surface area contributed by atoms with Gasteiger partial charge in [0.1, 0.15) is 11.6 Å². The fraction of sp³-hybridized carbons (Fsp3) is 0.182. The van der Waals surface area contributed by atoms with Gasteiger partial charge in [0.2, 0.25) is 0 Å². The summed E-state index contributed by atoms with van der Waals surface area (Å²) in [7, 11) is 0. The van der Waals surface area contributed by atoms with Gasteiger partial charge < -0.3 is 5.73 Å². The second-order valence-corrected chi connectivity index (χ2v) is 5.67.